The number of rotatable bonds is 6. The molecule has 0 amide bonds. The molecular weight excluding hydrogens is 312 g/mol. The average Bonchev–Trinajstić information content (AvgIpc) is 2.62. The summed E-state index contributed by atoms with van der Waals surface area (Å²) in [6.07, 6.45) is 4.52. The molecule has 1 aliphatic rings. The smallest absolute Gasteiger partial charge is 0.133 e. The van der Waals surface area contributed by atoms with Gasteiger partial charge in [0.2, 0.25) is 0 Å². The highest BCUT2D eigenvalue weighted by Crippen LogP contribution is 2.18. The highest BCUT2D eigenvalue weighted by molar-refractivity contribution is 5.55. The Kier molecular flexibility index (Phi) is 9.29. The van der Waals surface area contributed by atoms with Crippen LogP contribution in [-0.4, -0.2) is 62.9 Å². The molecule has 0 bridgehead atoms. The highest BCUT2D eigenvalue weighted by Gasteiger charge is 2.11. The van der Waals surface area contributed by atoms with Crippen molar-refractivity contribution >= 4 is 12.0 Å². The van der Waals surface area contributed by atoms with Crippen molar-refractivity contribution < 1.29 is 4.79 Å². The Morgan fingerprint density at radius 1 is 1.24 bits per heavy atom. The van der Waals surface area contributed by atoms with Crippen molar-refractivity contribution in [3.05, 3.63) is 67.0 Å². The predicted octanol–water partition coefficient (Wildman–Crippen LogP) is 2.10. The van der Waals surface area contributed by atoms with Gasteiger partial charge < -0.3 is 20.3 Å². The Labute approximate surface area is 151 Å². The summed E-state index contributed by atoms with van der Waals surface area (Å²) in [4.78, 5) is 16.5. The molecule has 0 radical (unpaired) electrons. The van der Waals surface area contributed by atoms with Gasteiger partial charge in [-0.3, -0.25) is 4.90 Å². The first kappa shape index (κ1) is 20.7. The molecule has 1 aromatic rings. The fraction of sp³-hybridized carbons (Fsp3) is 0.350. The molecule has 0 atom stereocenters. The zero-order valence-electron chi connectivity index (χ0n) is 15.4. The molecule has 5 nitrogen and oxygen atoms in total. The van der Waals surface area contributed by atoms with Crippen molar-refractivity contribution in [2.45, 2.75) is 0 Å². The second-order valence-electron chi connectivity index (χ2n) is 5.98. The van der Waals surface area contributed by atoms with Gasteiger partial charge in [0.25, 0.3) is 0 Å². The molecule has 25 heavy (non-hydrogen) atoms. The number of nitrogens with zero attached hydrogens (tertiary/aromatic N) is 3. The first-order chi connectivity index (χ1) is 12.0. The number of benzene rings is 1. The number of aldehydes is 1. The van der Waals surface area contributed by atoms with Crippen molar-refractivity contribution in [3.8, 4) is 0 Å². The Morgan fingerprint density at radius 3 is 2.32 bits per heavy atom. The highest BCUT2D eigenvalue weighted by atomic mass is 16.1. The number of carbonyl (C=O) groups is 1. The molecule has 2 rings (SSSR count). The molecule has 1 fully saturated rings. The Hall–Kier alpha value is -2.37. The van der Waals surface area contributed by atoms with E-state index in [-0.39, 0.29) is 0 Å². The van der Waals surface area contributed by atoms with E-state index in [2.05, 4.69) is 30.0 Å². The number of nitrogens with two attached hydrogens (primary N) is 1. The number of allylic oxidation sites excluding steroid dienone is 2. The number of para-hydroxylation sites is 1. The van der Waals surface area contributed by atoms with E-state index in [1.165, 1.54) is 0 Å². The Balaban J connectivity index is 0.000000271. The van der Waals surface area contributed by atoms with Crippen LogP contribution in [0.4, 0.5) is 5.69 Å². The standard InChI is InChI=1S/C13H16N2.C7H14N2O/c1-4-8-13(11(2)14)15(3)12-9-6-5-7-10-12;1-8-2-4-9(5-3-8)6-7-10/h4-10H,1-2,14H2,3H3;7H,2-6H2,1H3/b13-8+;. The largest absolute Gasteiger partial charge is 0.398 e. The summed E-state index contributed by atoms with van der Waals surface area (Å²) in [5.41, 5.74) is 8.16. The van der Waals surface area contributed by atoms with Crippen molar-refractivity contribution in [2.75, 3.05) is 51.7 Å². The molecule has 1 heterocycles. The molecule has 2 N–H and O–H groups in total. The van der Waals surface area contributed by atoms with E-state index in [1.807, 2.05) is 48.4 Å². The van der Waals surface area contributed by atoms with E-state index in [0.717, 1.165) is 43.8 Å². The van der Waals surface area contributed by atoms with Crippen molar-refractivity contribution in [1.82, 2.24) is 9.80 Å². The third-order valence-corrected chi connectivity index (χ3v) is 4.04. The SMILES string of the molecule is C=C/C=C(\C(=C)N)N(C)c1ccccc1.CN1CCN(CC=O)CC1. The number of likely N-dealkylation sites (N-methyl/N-ethyl adjacent to an activating group) is 2. The van der Waals surface area contributed by atoms with Crippen LogP contribution in [0.15, 0.2) is 67.0 Å². The quantitative estimate of drug-likeness (QED) is 0.634. The van der Waals surface area contributed by atoms with Gasteiger partial charge >= 0.3 is 0 Å². The maximum atomic E-state index is 10.1. The summed E-state index contributed by atoms with van der Waals surface area (Å²) in [6.45, 7) is 12.3. The molecule has 0 unspecified atom stereocenters. The van der Waals surface area contributed by atoms with E-state index in [1.54, 1.807) is 6.08 Å². The predicted molar refractivity (Wildman–Crippen MR) is 106 cm³/mol. The first-order valence-electron chi connectivity index (χ1n) is 8.40. The summed E-state index contributed by atoms with van der Waals surface area (Å²) >= 11 is 0. The zero-order valence-corrected chi connectivity index (χ0v) is 15.4. The molecule has 1 saturated heterocycles. The van der Waals surface area contributed by atoms with E-state index in [4.69, 9.17) is 5.73 Å². The van der Waals surface area contributed by atoms with E-state index in [9.17, 15) is 4.79 Å². The average molecular weight is 342 g/mol. The lowest BCUT2D eigenvalue weighted by Crippen LogP contribution is -2.44. The van der Waals surface area contributed by atoms with Crippen LogP contribution in [-0.2, 0) is 4.79 Å². The molecule has 0 saturated carbocycles. The number of carbonyl (C=O) groups excluding carboxylic acids is 1. The van der Waals surface area contributed by atoms with Crippen molar-refractivity contribution in [3.63, 3.8) is 0 Å². The molecular formula is C20H30N4O. The molecule has 0 aliphatic carbocycles. The van der Waals surface area contributed by atoms with Gasteiger partial charge in [-0.1, -0.05) is 37.4 Å². The number of hydrogen-bond donors (Lipinski definition) is 1. The summed E-state index contributed by atoms with van der Waals surface area (Å²) < 4.78 is 0. The molecule has 1 aliphatic heterocycles. The lowest BCUT2D eigenvalue weighted by Gasteiger charge is -2.30. The summed E-state index contributed by atoms with van der Waals surface area (Å²) in [5, 5.41) is 0. The lowest BCUT2D eigenvalue weighted by molar-refractivity contribution is -0.109. The van der Waals surface area contributed by atoms with Gasteiger partial charge in [0.15, 0.2) is 0 Å². The van der Waals surface area contributed by atoms with E-state index >= 15 is 0 Å². The third-order valence-electron chi connectivity index (χ3n) is 4.04. The van der Waals surface area contributed by atoms with Crippen LogP contribution < -0.4 is 10.6 Å². The number of piperazine rings is 1. The molecule has 136 valence electrons. The van der Waals surface area contributed by atoms with Gasteiger partial charge in [-0.05, 0) is 25.3 Å². The van der Waals surface area contributed by atoms with Gasteiger partial charge in [0.05, 0.1) is 12.2 Å². The van der Waals surface area contributed by atoms with Crippen molar-refractivity contribution in [1.29, 1.82) is 0 Å². The normalized spacial score (nSPS) is 15.7. The van der Waals surface area contributed by atoms with Gasteiger partial charge in [0, 0.05) is 44.6 Å². The fourth-order valence-corrected chi connectivity index (χ4v) is 2.47. The van der Waals surface area contributed by atoms with Crippen LogP contribution >= 0.6 is 0 Å². The van der Waals surface area contributed by atoms with Crippen LogP contribution in [0.25, 0.3) is 0 Å². The second kappa shape index (κ2) is 11.2. The Morgan fingerprint density at radius 2 is 1.84 bits per heavy atom. The van der Waals surface area contributed by atoms with Gasteiger partial charge in [-0.2, -0.15) is 0 Å². The van der Waals surface area contributed by atoms with Crippen LogP contribution in [0.1, 0.15) is 0 Å². The maximum absolute atomic E-state index is 10.1. The van der Waals surface area contributed by atoms with E-state index < -0.39 is 0 Å². The first-order valence-corrected chi connectivity index (χ1v) is 8.40. The van der Waals surface area contributed by atoms with E-state index in [0.29, 0.717) is 12.2 Å². The zero-order chi connectivity index (χ0) is 18.7. The third kappa shape index (κ3) is 7.37. The fourth-order valence-electron chi connectivity index (χ4n) is 2.47. The molecule has 1 aromatic carbocycles. The minimum Gasteiger partial charge on any atom is -0.398 e. The molecule has 0 aromatic heterocycles. The summed E-state index contributed by atoms with van der Waals surface area (Å²) in [5.74, 6) is 0. The van der Waals surface area contributed by atoms with Gasteiger partial charge in [0.1, 0.15) is 6.29 Å². The maximum Gasteiger partial charge on any atom is 0.133 e. The lowest BCUT2D eigenvalue weighted by atomic mass is 10.2. The molecule has 5 heteroatoms. The minimum atomic E-state index is 0.529. The Bertz CT molecular complexity index is 575. The topological polar surface area (TPSA) is 52.8 Å². The molecule has 0 spiro atoms. The monoisotopic (exact) mass is 342 g/mol. The summed E-state index contributed by atoms with van der Waals surface area (Å²) in [7, 11) is 4.06. The van der Waals surface area contributed by atoms with Crippen molar-refractivity contribution in [2.24, 2.45) is 5.73 Å². The number of hydrogen-bond acceptors (Lipinski definition) is 5. The summed E-state index contributed by atoms with van der Waals surface area (Å²) in [6, 6.07) is 9.97. The van der Waals surface area contributed by atoms with Crippen LogP contribution in [0, 0.1) is 0 Å². The second-order valence-corrected chi connectivity index (χ2v) is 5.98. The van der Waals surface area contributed by atoms with Gasteiger partial charge in [-0.25, -0.2) is 0 Å². The van der Waals surface area contributed by atoms with Crippen LogP contribution in [0.2, 0.25) is 0 Å². The minimum absolute atomic E-state index is 0.529. The van der Waals surface area contributed by atoms with Crippen LogP contribution in [0.3, 0.4) is 0 Å². The van der Waals surface area contributed by atoms with Gasteiger partial charge in [-0.15, -0.1) is 0 Å². The number of anilines is 1. The van der Waals surface area contributed by atoms with Crippen LogP contribution in [0.5, 0.6) is 0 Å².